The quantitative estimate of drug-likeness (QED) is 0.475. The maximum absolute atomic E-state index is 12.7. The lowest BCUT2D eigenvalue weighted by Gasteiger charge is -2.16. The second kappa shape index (κ2) is 5.73. The monoisotopic (exact) mass is 302 g/mol. The van der Waals surface area contributed by atoms with Gasteiger partial charge in [-0.2, -0.15) is 22.0 Å². The average molecular weight is 303 g/mol. The molecular weight excluding hydrogens is 295 g/mol. The zero-order valence-electron chi connectivity index (χ0n) is 9.47. The van der Waals surface area contributed by atoms with E-state index in [1.165, 1.54) is 6.92 Å². The smallest absolute Gasteiger partial charge is 0.419 e. The van der Waals surface area contributed by atoms with Gasteiger partial charge in [-0.25, -0.2) is 0 Å². The zero-order valence-corrected chi connectivity index (χ0v) is 10.2. The lowest BCUT2D eigenvalue weighted by Crippen LogP contribution is -2.18. The van der Waals surface area contributed by atoms with Crippen molar-refractivity contribution >= 4 is 17.4 Å². The van der Waals surface area contributed by atoms with E-state index in [9.17, 15) is 26.7 Å². The number of Topliss-reactive ketones (excluding diaryl/α,β-unsaturated/α-hetero) is 1. The van der Waals surface area contributed by atoms with Crippen LogP contribution in [0.2, 0.25) is 0 Å². The fourth-order valence-corrected chi connectivity index (χ4v) is 1.50. The Kier molecular flexibility index (Phi) is 4.73. The number of para-hydroxylation sites is 1. The first-order chi connectivity index (χ1) is 8.64. The molecule has 0 aliphatic carbocycles. The van der Waals surface area contributed by atoms with Crippen LogP contribution in [0.25, 0.3) is 0 Å². The molecule has 0 saturated carbocycles. The fraction of sp³-hybridized carbons (Fsp3) is 0.364. The van der Waals surface area contributed by atoms with Gasteiger partial charge in [0.2, 0.25) is 0 Å². The van der Waals surface area contributed by atoms with Crippen LogP contribution in [0.15, 0.2) is 18.2 Å². The van der Waals surface area contributed by atoms with Crippen LogP contribution < -0.4 is 4.74 Å². The van der Waals surface area contributed by atoms with E-state index < -0.39 is 40.8 Å². The Morgan fingerprint density at radius 3 is 2.32 bits per heavy atom. The Morgan fingerprint density at radius 1 is 1.32 bits per heavy atom. The molecule has 0 N–H and O–H groups in total. The molecule has 1 aromatic rings. The molecule has 0 radical (unpaired) electrons. The number of hydrogen-bond acceptors (Lipinski definition) is 2. The summed E-state index contributed by atoms with van der Waals surface area (Å²) in [4.78, 5) is 11.6. The number of hydrogen-bond donors (Lipinski definition) is 0. The number of ether oxygens (including phenoxy) is 1. The Labute approximate surface area is 110 Å². The number of halogens is 6. The molecule has 106 valence electrons. The SMILES string of the molecule is CC(Cl)C(=O)c1cccc(C(F)(F)F)c1OC(F)F. The van der Waals surface area contributed by atoms with Crippen LogP contribution in [0, 0.1) is 0 Å². The first-order valence-electron chi connectivity index (χ1n) is 4.98. The van der Waals surface area contributed by atoms with Gasteiger partial charge in [-0.05, 0) is 19.1 Å². The maximum atomic E-state index is 12.7. The molecule has 1 aromatic carbocycles. The number of ketones is 1. The highest BCUT2D eigenvalue weighted by atomic mass is 35.5. The van der Waals surface area contributed by atoms with E-state index >= 15 is 0 Å². The van der Waals surface area contributed by atoms with Crippen molar-refractivity contribution in [2.75, 3.05) is 0 Å². The minimum absolute atomic E-state index is 0.549. The normalized spacial score (nSPS) is 13.5. The van der Waals surface area contributed by atoms with Crippen LogP contribution in [0.3, 0.4) is 0 Å². The van der Waals surface area contributed by atoms with Gasteiger partial charge in [0.05, 0.1) is 16.5 Å². The molecule has 0 aromatic heterocycles. The molecule has 1 unspecified atom stereocenters. The topological polar surface area (TPSA) is 26.3 Å². The van der Waals surface area contributed by atoms with Crippen molar-refractivity contribution in [1.29, 1.82) is 0 Å². The van der Waals surface area contributed by atoms with Gasteiger partial charge < -0.3 is 4.74 Å². The molecule has 0 amide bonds. The van der Waals surface area contributed by atoms with E-state index in [1.54, 1.807) is 0 Å². The van der Waals surface area contributed by atoms with Crippen LogP contribution in [-0.2, 0) is 6.18 Å². The number of carbonyl (C=O) groups is 1. The zero-order chi connectivity index (χ0) is 14.8. The Balaban J connectivity index is 3.43. The largest absolute Gasteiger partial charge is 0.433 e. The minimum Gasteiger partial charge on any atom is -0.433 e. The Morgan fingerprint density at radius 2 is 1.89 bits per heavy atom. The summed E-state index contributed by atoms with van der Waals surface area (Å²) >= 11 is 5.46. The van der Waals surface area contributed by atoms with Crippen molar-refractivity contribution < 1.29 is 31.5 Å². The predicted molar refractivity (Wildman–Crippen MR) is 57.7 cm³/mol. The number of carbonyl (C=O) groups excluding carboxylic acids is 1. The van der Waals surface area contributed by atoms with E-state index in [-0.39, 0.29) is 0 Å². The number of benzene rings is 1. The van der Waals surface area contributed by atoms with Crippen LogP contribution in [0.1, 0.15) is 22.8 Å². The van der Waals surface area contributed by atoms with Crippen molar-refractivity contribution in [2.24, 2.45) is 0 Å². The highest BCUT2D eigenvalue weighted by Crippen LogP contribution is 2.39. The highest BCUT2D eigenvalue weighted by molar-refractivity contribution is 6.34. The standard InChI is InChI=1S/C11H8ClF5O2/c1-5(12)8(18)6-3-2-4-7(11(15,16)17)9(6)19-10(13)14/h2-5,10H,1H3. The third-order valence-electron chi connectivity index (χ3n) is 2.15. The first kappa shape index (κ1) is 15.7. The van der Waals surface area contributed by atoms with Crippen molar-refractivity contribution in [2.45, 2.75) is 25.1 Å². The maximum Gasteiger partial charge on any atom is 0.419 e. The van der Waals surface area contributed by atoms with Crippen LogP contribution in [0.4, 0.5) is 22.0 Å². The van der Waals surface area contributed by atoms with Crippen molar-refractivity contribution in [3.05, 3.63) is 29.3 Å². The highest BCUT2D eigenvalue weighted by Gasteiger charge is 2.37. The second-order valence-electron chi connectivity index (χ2n) is 3.54. The molecule has 0 aliphatic heterocycles. The molecule has 0 aliphatic rings. The Bertz CT molecular complexity index is 471. The Hall–Kier alpha value is -1.37. The molecule has 0 heterocycles. The lowest BCUT2D eigenvalue weighted by atomic mass is 10.0. The van der Waals surface area contributed by atoms with Gasteiger partial charge in [0.1, 0.15) is 5.75 Å². The molecule has 8 heteroatoms. The summed E-state index contributed by atoms with van der Waals surface area (Å²) in [6, 6.07) is 2.43. The number of rotatable bonds is 4. The van der Waals surface area contributed by atoms with E-state index in [0.29, 0.717) is 6.07 Å². The summed E-state index contributed by atoms with van der Waals surface area (Å²) in [6.07, 6.45) is -4.92. The molecule has 1 atom stereocenters. The molecule has 0 spiro atoms. The van der Waals surface area contributed by atoms with Crippen LogP contribution in [0.5, 0.6) is 5.75 Å². The summed E-state index contributed by atoms with van der Waals surface area (Å²) in [6.45, 7) is -2.27. The lowest BCUT2D eigenvalue weighted by molar-refractivity contribution is -0.141. The van der Waals surface area contributed by atoms with Crippen LogP contribution in [-0.4, -0.2) is 17.8 Å². The summed E-state index contributed by atoms with van der Waals surface area (Å²) in [5.74, 6) is -2.13. The molecule has 0 bridgehead atoms. The summed E-state index contributed by atoms with van der Waals surface area (Å²) in [5, 5.41) is -1.16. The molecule has 0 fully saturated rings. The van der Waals surface area contributed by atoms with Gasteiger partial charge in [-0.1, -0.05) is 6.07 Å². The van der Waals surface area contributed by atoms with E-state index in [1.807, 2.05) is 0 Å². The molecule has 0 saturated heterocycles. The van der Waals surface area contributed by atoms with E-state index in [0.717, 1.165) is 12.1 Å². The molecular formula is C11H8ClF5O2. The summed E-state index contributed by atoms with van der Waals surface area (Å²) in [5.41, 5.74) is -2.08. The van der Waals surface area contributed by atoms with Crippen molar-refractivity contribution in [1.82, 2.24) is 0 Å². The molecule has 2 nitrogen and oxygen atoms in total. The van der Waals surface area contributed by atoms with Gasteiger partial charge in [0.15, 0.2) is 5.78 Å². The van der Waals surface area contributed by atoms with Gasteiger partial charge in [0, 0.05) is 0 Å². The third-order valence-corrected chi connectivity index (χ3v) is 2.35. The van der Waals surface area contributed by atoms with Gasteiger partial charge in [-0.3, -0.25) is 4.79 Å². The van der Waals surface area contributed by atoms with Crippen molar-refractivity contribution in [3.63, 3.8) is 0 Å². The van der Waals surface area contributed by atoms with E-state index in [4.69, 9.17) is 11.6 Å². The van der Waals surface area contributed by atoms with E-state index in [2.05, 4.69) is 4.74 Å². The van der Waals surface area contributed by atoms with Crippen molar-refractivity contribution in [3.8, 4) is 5.75 Å². The fourth-order valence-electron chi connectivity index (χ4n) is 1.38. The summed E-state index contributed by atoms with van der Waals surface area (Å²) in [7, 11) is 0. The van der Waals surface area contributed by atoms with Gasteiger partial charge >= 0.3 is 12.8 Å². The number of alkyl halides is 6. The molecule has 1 rings (SSSR count). The second-order valence-corrected chi connectivity index (χ2v) is 4.19. The molecule has 19 heavy (non-hydrogen) atoms. The predicted octanol–water partition coefficient (Wildman–Crippen LogP) is 4.12. The van der Waals surface area contributed by atoms with Gasteiger partial charge in [-0.15, -0.1) is 11.6 Å². The average Bonchev–Trinajstić information content (AvgIpc) is 2.25. The summed E-state index contributed by atoms with van der Waals surface area (Å²) < 4.78 is 66.3. The first-order valence-corrected chi connectivity index (χ1v) is 5.41. The van der Waals surface area contributed by atoms with Crippen LogP contribution >= 0.6 is 11.6 Å². The van der Waals surface area contributed by atoms with Gasteiger partial charge in [0.25, 0.3) is 0 Å². The minimum atomic E-state index is -4.92. The third kappa shape index (κ3) is 3.79.